The minimum Gasteiger partial charge on any atom is -0.606 e. The molecule has 44 valence electrons. The fourth-order valence-electron chi connectivity index (χ4n) is 0.450. The largest absolute Gasteiger partial charge is 0.606 e. The number of nitrogens with zero attached hydrogens (tertiary/aromatic N) is 1. The van der Waals surface area contributed by atoms with Gasteiger partial charge in [0.15, 0.2) is 0 Å². The van der Waals surface area contributed by atoms with Crippen LogP contribution in [-0.4, -0.2) is 16.5 Å². The van der Waals surface area contributed by atoms with E-state index < -0.39 is 11.2 Å². The Morgan fingerprint density at radius 3 is 2.62 bits per heavy atom. The highest BCUT2D eigenvalue weighted by Gasteiger charge is 2.18. The lowest BCUT2D eigenvalue weighted by Crippen LogP contribution is -2.08. The molecule has 0 radical (unpaired) electrons. The van der Waals surface area contributed by atoms with Crippen molar-refractivity contribution in [3.8, 4) is 0 Å². The van der Waals surface area contributed by atoms with Crippen molar-refractivity contribution in [2.45, 2.75) is 0 Å². The Morgan fingerprint density at radius 2 is 2.50 bits per heavy atom. The lowest BCUT2D eigenvalue weighted by Gasteiger charge is -2.06. The Kier molecular flexibility index (Phi) is 1.31. The zero-order valence-corrected chi connectivity index (χ0v) is 5.44. The van der Waals surface area contributed by atoms with E-state index in [1.807, 2.05) is 7.05 Å². The molecule has 0 aromatic rings. The second kappa shape index (κ2) is 1.84. The summed E-state index contributed by atoms with van der Waals surface area (Å²) < 4.78 is 10.7. The van der Waals surface area contributed by atoms with Gasteiger partial charge < -0.3 is 9.45 Å². The van der Waals surface area contributed by atoms with Gasteiger partial charge in [0.05, 0.1) is 6.20 Å². The average molecular weight is 129 g/mol. The van der Waals surface area contributed by atoms with Crippen LogP contribution in [0.3, 0.4) is 0 Å². The van der Waals surface area contributed by atoms with Crippen molar-refractivity contribution in [3.63, 3.8) is 0 Å². The third-order valence-corrected chi connectivity index (χ3v) is 2.16. The third kappa shape index (κ3) is 0.743. The highest BCUT2D eigenvalue weighted by molar-refractivity contribution is 7.98. The molecule has 0 amide bonds. The highest BCUT2D eigenvalue weighted by atomic mass is 32.2. The van der Waals surface area contributed by atoms with Gasteiger partial charge in [-0.3, -0.25) is 0 Å². The van der Waals surface area contributed by atoms with Crippen LogP contribution in [0.25, 0.3) is 0 Å². The molecule has 0 N–H and O–H groups in total. The standard InChI is InChI=1S/C5H7NOS/c1-5-6(2)3-4-8(5)7/h3-4H,1H2,2H3. The van der Waals surface area contributed by atoms with Gasteiger partial charge in [-0.1, -0.05) is 0 Å². The number of hydrogen-bond acceptors (Lipinski definition) is 2. The zero-order valence-electron chi connectivity index (χ0n) is 4.63. The molecule has 1 aliphatic rings. The molecule has 8 heavy (non-hydrogen) atoms. The minimum atomic E-state index is -0.947. The van der Waals surface area contributed by atoms with Crippen molar-refractivity contribution < 1.29 is 4.55 Å². The van der Waals surface area contributed by atoms with Gasteiger partial charge >= 0.3 is 0 Å². The first-order valence-corrected chi connectivity index (χ1v) is 3.44. The molecule has 0 aromatic carbocycles. The van der Waals surface area contributed by atoms with E-state index >= 15 is 0 Å². The van der Waals surface area contributed by atoms with E-state index in [0.717, 1.165) is 0 Å². The van der Waals surface area contributed by atoms with E-state index in [9.17, 15) is 4.55 Å². The second-order valence-electron chi connectivity index (χ2n) is 1.59. The molecule has 0 fully saturated rings. The van der Waals surface area contributed by atoms with Crippen LogP contribution in [0.4, 0.5) is 0 Å². The molecule has 1 rings (SSSR count). The lowest BCUT2D eigenvalue weighted by molar-refractivity contribution is 0.580. The van der Waals surface area contributed by atoms with Crippen molar-refractivity contribution in [1.29, 1.82) is 0 Å². The Morgan fingerprint density at radius 1 is 1.88 bits per heavy atom. The van der Waals surface area contributed by atoms with Crippen LogP contribution in [0.15, 0.2) is 23.2 Å². The smallest absolute Gasteiger partial charge is 0.223 e. The maximum Gasteiger partial charge on any atom is 0.223 e. The Balaban J connectivity index is 2.70. The van der Waals surface area contributed by atoms with Crippen molar-refractivity contribution in [1.82, 2.24) is 4.90 Å². The summed E-state index contributed by atoms with van der Waals surface area (Å²) in [7, 11) is 1.82. The summed E-state index contributed by atoms with van der Waals surface area (Å²) in [5, 5.41) is 2.27. The SMILES string of the molecule is C=C1N(C)C=C[S+]1[O-]. The van der Waals surface area contributed by atoms with Gasteiger partial charge in [0.1, 0.15) is 5.41 Å². The highest BCUT2D eigenvalue weighted by Crippen LogP contribution is 2.17. The molecular formula is C5H7NOS. The van der Waals surface area contributed by atoms with Crippen LogP contribution in [0, 0.1) is 0 Å². The summed E-state index contributed by atoms with van der Waals surface area (Å²) in [4.78, 5) is 1.75. The van der Waals surface area contributed by atoms with Gasteiger partial charge in [-0.2, -0.15) is 0 Å². The molecule has 3 heteroatoms. The van der Waals surface area contributed by atoms with Crippen molar-refractivity contribution in [2.75, 3.05) is 7.05 Å². The molecule has 0 saturated heterocycles. The zero-order chi connectivity index (χ0) is 6.15. The molecule has 2 nitrogen and oxygen atoms in total. The van der Waals surface area contributed by atoms with Crippen molar-refractivity contribution >= 4 is 11.2 Å². The summed E-state index contributed by atoms with van der Waals surface area (Å²) in [6.45, 7) is 3.58. The molecule has 0 saturated carbocycles. The van der Waals surface area contributed by atoms with E-state index in [1.165, 1.54) is 0 Å². The Hall–Kier alpha value is -0.410. The van der Waals surface area contributed by atoms with Gasteiger partial charge in [0, 0.05) is 18.2 Å². The predicted molar refractivity (Wildman–Crippen MR) is 34.2 cm³/mol. The molecule has 0 bridgehead atoms. The number of hydrogen-bond donors (Lipinski definition) is 0. The normalized spacial score (nSPS) is 27.5. The maximum absolute atomic E-state index is 10.7. The topological polar surface area (TPSA) is 26.3 Å². The Bertz CT molecular complexity index is 129. The first-order chi connectivity index (χ1) is 3.72. The van der Waals surface area contributed by atoms with Crippen molar-refractivity contribution in [3.05, 3.63) is 23.2 Å². The summed E-state index contributed by atoms with van der Waals surface area (Å²) in [6, 6.07) is 0. The summed E-state index contributed by atoms with van der Waals surface area (Å²) >= 11 is -0.947. The molecule has 0 aromatic heterocycles. The van der Waals surface area contributed by atoms with Crippen LogP contribution in [0.5, 0.6) is 0 Å². The molecule has 1 aliphatic heterocycles. The van der Waals surface area contributed by atoms with Gasteiger partial charge in [0.2, 0.25) is 5.03 Å². The van der Waals surface area contributed by atoms with Gasteiger partial charge in [-0.25, -0.2) is 0 Å². The predicted octanol–water partition coefficient (Wildman–Crippen LogP) is 0.623. The first-order valence-electron chi connectivity index (χ1n) is 2.22. The maximum atomic E-state index is 10.7. The molecule has 1 heterocycles. The second-order valence-corrected chi connectivity index (χ2v) is 2.93. The van der Waals surface area contributed by atoms with Gasteiger partial charge in [0.25, 0.3) is 0 Å². The fourth-order valence-corrected chi connectivity index (χ4v) is 1.25. The molecular weight excluding hydrogens is 122 g/mol. The quantitative estimate of drug-likeness (QED) is 0.448. The molecule has 1 unspecified atom stereocenters. The molecule has 0 aliphatic carbocycles. The molecule has 1 atom stereocenters. The van der Waals surface area contributed by atoms with Crippen LogP contribution in [0.2, 0.25) is 0 Å². The van der Waals surface area contributed by atoms with Gasteiger partial charge in [-0.15, -0.1) is 0 Å². The van der Waals surface area contributed by atoms with Gasteiger partial charge in [-0.05, 0) is 6.58 Å². The third-order valence-electron chi connectivity index (χ3n) is 1.03. The van der Waals surface area contributed by atoms with E-state index in [-0.39, 0.29) is 0 Å². The van der Waals surface area contributed by atoms with Crippen LogP contribution in [0.1, 0.15) is 0 Å². The van der Waals surface area contributed by atoms with E-state index in [2.05, 4.69) is 6.58 Å². The summed E-state index contributed by atoms with van der Waals surface area (Å²) in [6.07, 6.45) is 1.75. The fraction of sp³-hybridized carbons (Fsp3) is 0.200. The van der Waals surface area contributed by atoms with Crippen LogP contribution in [-0.2, 0) is 11.2 Å². The van der Waals surface area contributed by atoms with E-state index in [1.54, 1.807) is 16.5 Å². The lowest BCUT2D eigenvalue weighted by atomic mass is 10.8. The average Bonchev–Trinajstić information content (AvgIpc) is 1.98. The Labute approximate surface area is 51.7 Å². The van der Waals surface area contributed by atoms with Crippen LogP contribution < -0.4 is 0 Å². The first kappa shape index (κ1) is 5.72. The van der Waals surface area contributed by atoms with Crippen molar-refractivity contribution in [2.24, 2.45) is 0 Å². The minimum absolute atomic E-state index is 0.657. The van der Waals surface area contributed by atoms with E-state index in [0.29, 0.717) is 5.03 Å². The van der Waals surface area contributed by atoms with Crippen LogP contribution >= 0.6 is 0 Å². The van der Waals surface area contributed by atoms with E-state index in [4.69, 9.17) is 0 Å². The summed E-state index contributed by atoms with van der Waals surface area (Å²) in [5.41, 5.74) is 0. The molecule has 0 spiro atoms. The monoisotopic (exact) mass is 129 g/mol. The summed E-state index contributed by atoms with van der Waals surface area (Å²) in [5.74, 6) is 0. The number of rotatable bonds is 0.